The topological polar surface area (TPSA) is 157 Å². The van der Waals surface area contributed by atoms with Crippen LogP contribution in [0.5, 0.6) is 11.5 Å². The second-order valence-electron chi connectivity index (χ2n) is 9.54. The van der Waals surface area contributed by atoms with Gasteiger partial charge in [0.25, 0.3) is 0 Å². The molecule has 6 atom stereocenters. The molecule has 2 aliphatic carbocycles. The zero-order valence-corrected chi connectivity index (χ0v) is 22.1. The van der Waals surface area contributed by atoms with Gasteiger partial charge in [-0.1, -0.05) is 11.6 Å². The Labute approximate surface area is 224 Å². The second kappa shape index (κ2) is 9.22. The SMILES string of the molecule is COC(=O)N1C(=O)[C@H]2[C@H](CC=C3[C@H]2C[C@H]2C(=O)N(C(=O)OC)C(=O)[C@H]2[C@H]3c2cc(Br)c(O)c(OC)c2)C1=O. The largest absolute Gasteiger partial charge is 0.503 e. The number of fused-ring (bicyclic) bond motifs is 4. The van der Waals surface area contributed by atoms with Gasteiger partial charge in [0.2, 0.25) is 23.6 Å². The van der Waals surface area contributed by atoms with Crippen LogP contribution in [-0.4, -0.2) is 72.1 Å². The predicted octanol–water partition coefficient (Wildman–Crippen LogP) is 2.33. The minimum Gasteiger partial charge on any atom is -0.503 e. The summed E-state index contributed by atoms with van der Waals surface area (Å²) in [6.07, 6.45) is -0.295. The minimum absolute atomic E-state index is 0.0106. The summed E-state index contributed by atoms with van der Waals surface area (Å²) < 4.78 is 14.9. The summed E-state index contributed by atoms with van der Waals surface area (Å²) in [6.45, 7) is 0. The standard InChI is InChI=1S/C25H23BrN2O10/c1-36-15-7-9(6-14(26)19(15)29)16-10-4-5-11-17(22(32)27(20(11)30)24(34)37-2)12(10)8-13-18(16)23(33)28(21(13)31)25(35)38-3/h4,6-7,11-13,16-18,29H,5,8H2,1-3H3/t11-,12+,13+,16-,17-,18+/m0/s1. The van der Waals surface area contributed by atoms with E-state index in [1.807, 2.05) is 0 Å². The number of amides is 6. The van der Waals surface area contributed by atoms with E-state index in [4.69, 9.17) is 4.74 Å². The van der Waals surface area contributed by atoms with Gasteiger partial charge in [-0.3, -0.25) is 19.2 Å². The highest BCUT2D eigenvalue weighted by Gasteiger charge is 2.63. The average molecular weight is 591 g/mol. The maximum Gasteiger partial charge on any atom is 0.423 e. The fourth-order valence-electron chi connectivity index (χ4n) is 6.43. The molecule has 0 bridgehead atoms. The molecule has 1 saturated carbocycles. The monoisotopic (exact) mass is 590 g/mol. The molecule has 0 radical (unpaired) electrons. The summed E-state index contributed by atoms with van der Waals surface area (Å²) in [7, 11) is 3.48. The van der Waals surface area contributed by atoms with Crippen molar-refractivity contribution in [2.75, 3.05) is 21.3 Å². The number of benzene rings is 1. The minimum atomic E-state index is -1.11. The highest BCUT2D eigenvalue weighted by molar-refractivity contribution is 9.10. The normalized spacial score (nSPS) is 29.9. The van der Waals surface area contributed by atoms with E-state index < -0.39 is 71.3 Å². The summed E-state index contributed by atoms with van der Waals surface area (Å²) in [5, 5.41) is 10.4. The highest BCUT2D eigenvalue weighted by atomic mass is 79.9. The van der Waals surface area contributed by atoms with E-state index in [0.717, 1.165) is 14.2 Å². The van der Waals surface area contributed by atoms with E-state index in [1.165, 1.54) is 13.2 Å². The molecule has 1 N–H and O–H groups in total. The molecule has 38 heavy (non-hydrogen) atoms. The first kappa shape index (κ1) is 25.9. The second-order valence-corrected chi connectivity index (χ2v) is 10.4. The fraction of sp³-hybridized carbons (Fsp3) is 0.440. The average Bonchev–Trinajstić information content (AvgIpc) is 3.31. The first-order chi connectivity index (χ1) is 18.1. The van der Waals surface area contributed by atoms with Crippen LogP contribution >= 0.6 is 15.9 Å². The van der Waals surface area contributed by atoms with Crippen molar-refractivity contribution in [1.82, 2.24) is 9.80 Å². The molecule has 13 heteroatoms. The Kier molecular flexibility index (Phi) is 6.28. The molecule has 12 nitrogen and oxygen atoms in total. The number of carbonyl (C=O) groups is 6. The summed E-state index contributed by atoms with van der Waals surface area (Å²) in [6, 6.07) is 3.11. The quantitative estimate of drug-likeness (QED) is 0.400. The van der Waals surface area contributed by atoms with Crippen molar-refractivity contribution in [2.45, 2.75) is 18.8 Å². The number of allylic oxidation sites excluding steroid dienone is 2. The van der Waals surface area contributed by atoms with E-state index in [0.29, 0.717) is 20.9 Å². The van der Waals surface area contributed by atoms with Crippen molar-refractivity contribution < 1.29 is 48.1 Å². The molecule has 1 aromatic carbocycles. The number of phenols is 1. The lowest BCUT2D eigenvalue weighted by Crippen LogP contribution is -2.43. The van der Waals surface area contributed by atoms with Crippen molar-refractivity contribution in [3.8, 4) is 11.5 Å². The lowest BCUT2D eigenvalue weighted by Gasteiger charge is -2.44. The van der Waals surface area contributed by atoms with Crippen molar-refractivity contribution in [2.24, 2.45) is 29.6 Å². The zero-order valence-electron chi connectivity index (χ0n) is 20.5. The highest BCUT2D eigenvalue weighted by Crippen LogP contribution is 2.58. The number of rotatable bonds is 2. The van der Waals surface area contributed by atoms with Gasteiger partial charge in [0.05, 0.1) is 49.5 Å². The van der Waals surface area contributed by atoms with Crippen LogP contribution in [0.4, 0.5) is 9.59 Å². The van der Waals surface area contributed by atoms with Crippen LogP contribution in [-0.2, 0) is 28.7 Å². The third kappa shape index (κ3) is 3.47. The Bertz CT molecular complexity index is 1340. The molecule has 200 valence electrons. The van der Waals surface area contributed by atoms with Crippen LogP contribution in [0.1, 0.15) is 24.3 Å². The van der Waals surface area contributed by atoms with Gasteiger partial charge in [0.1, 0.15) is 0 Å². The molecule has 0 unspecified atom stereocenters. The Hall–Kier alpha value is -3.74. The lowest BCUT2D eigenvalue weighted by atomic mass is 9.57. The maximum atomic E-state index is 13.5. The number of halogens is 1. The van der Waals surface area contributed by atoms with Crippen LogP contribution in [0, 0.1) is 29.6 Å². The molecule has 0 aromatic heterocycles. The van der Waals surface area contributed by atoms with Crippen molar-refractivity contribution in [3.63, 3.8) is 0 Å². The molecule has 6 amide bonds. The molecule has 2 heterocycles. The summed E-state index contributed by atoms with van der Waals surface area (Å²) >= 11 is 3.29. The number of phenolic OH excluding ortho intramolecular Hbond substituents is 1. The van der Waals surface area contributed by atoms with E-state index in [1.54, 1.807) is 12.1 Å². The summed E-state index contributed by atoms with van der Waals surface area (Å²) in [5.74, 6) is -8.26. The number of imide groups is 6. The van der Waals surface area contributed by atoms with E-state index in [2.05, 4.69) is 25.4 Å². The number of hydrogen-bond acceptors (Lipinski definition) is 10. The summed E-state index contributed by atoms with van der Waals surface area (Å²) in [5.41, 5.74) is 1.12. The molecule has 0 spiro atoms. The maximum absolute atomic E-state index is 13.5. The Morgan fingerprint density at radius 2 is 1.45 bits per heavy atom. The number of hydrogen-bond donors (Lipinski definition) is 1. The van der Waals surface area contributed by atoms with Crippen LogP contribution in [0.3, 0.4) is 0 Å². The summed E-state index contributed by atoms with van der Waals surface area (Å²) in [4.78, 5) is 78.9. The van der Waals surface area contributed by atoms with E-state index in [-0.39, 0.29) is 28.8 Å². The third-order valence-electron chi connectivity index (χ3n) is 7.99. The van der Waals surface area contributed by atoms with E-state index >= 15 is 0 Å². The van der Waals surface area contributed by atoms with Gasteiger partial charge in [-0.2, -0.15) is 9.80 Å². The fourth-order valence-corrected chi connectivity index (χ4v) is 6.89. The van der Waals surface area contributed by atoms with Crippen molar-refractivity contribution in [3.05, 3.63) is 33.8 Å². The Morgan fingerprint density at radius 1 is 0.868 bits per heavy atom. The first-order valence-electron chi connectivity index (χ1n) is 11.7. The van der Waals surface area contributed by atoms with E-state index in [9.17, 15) is 33.9 Å². The van der Waals surface area contributed by atoms with Gasteiger partial charge < -0.3 is 19.3 Å². The van der Waals surface area contributed by atoms with Crippen molar-refractivity contribution in [1.29, 1.82) is 0 Å². The molecule has 5 rings (SSSR count). The number of ether oxygens (including phenoxy) is 3. The van der Waals surface area contributed by atoms with Gasteiger partial charge in [-0.15, -0.1) is 0 Å². The molecule has 4 aliphatic rings. The smallest absolute Gasteiger partial charge is 0.423 e. The Morgan fingerprint density at radius 3 is 2.03 bits per heavy atom. The van der Waals surface area contributed by atoms with Crippen LogP contribution in [0.2, 0.25) is 0 Å². The Balaban J connectivity index is 1.67. The zero-order chi connectivity index (χ0) is 27.6. The number of likely N-dealkylation sites (tertiary alicyclic amines) is 2. The van der Waals surface area contributed by atoms with Gasteiger partial charge in [0, 0.05) is 5.92 Å². The molecule has 2 aliphatic heterocycles. The van der Waals surface area contributed by atoms with Crippen LogP contribution in [0.25, 0.3) is 0 Å². The lowest BCUT2D eigenvalue weighted by molar-refractivity contribution is -0.139. The first-order valence-corrected chi connectivity index (χ1v) is 12.5. The number of nitrogens with zero attached hydrogens (tertiary/aromatic N) is 2. The number of methoxy groups -OCH3 is 3. The van der Waals surface area contributed by atoms with Gasteiger partial charge in [-0.05, 0) is 52.4 Å². The van der Waals surface area contributed by atoms with Crippen molar-refractivity contribution >= 4 is 51.7 Å². The number of aromatic hydroxyl groups is 1. The molecular formula is C25H23BrN2O10. The van der Waals surface area contributed by atoms with Gasteiger partial charge in [-0.25, -0.2) is 9.59 Å². The van der Waals surface area contributed by atoms with Gasteiger partial charge in [0.15, 0.2) is 11.5 Å². The molecular weight excluding hydrogens is 568 g/mol. The predicted molar refractivity (Wildman–Crippen MR) is 128 cm³/mol. The van der Waals surface area contributed by atoms with Gasteiger partial charge >= 0.3 is 12.2 Å². The molecule has 2 saturated heterocycles. The van der Waals surface area contributed by atoms with Crippen LogP contribution < -0.4 is 4.74 Å². The number of carbonyl (C=O) groups excluding carboxylic acids is 6. The molecule has 1 aromatic rings. The third-order valence-corrected chi connectivity index (χ3v) is 8.60. The molecule has 3 fully saturated rings. The van der Waals surface area contributed by atoms with Crippen LogP contribution in [0.15, 0.2) is 28.3 Å².